The summed E-state index contributed by atoms with van der Waals surface area (Å²) >= 11 is 0. The van der Waals surface area contributed by atoms with E-state index in [1.54, 1.807) is 23.2 Å². The first-order chi connectivity index (χ1) is 14.1. The highest BCUT2D eigenvalue weighted by atomic mass is 16.3. The zero-order chi connectivity index (χ0) is 20.2. The molecule has 0 saturated carbocycles. The van der Waals surface area contributed by atoms with Crippen molar-refractivity contribution in [3.63, 3.8) is 0 Å². The van der Waals surface area contributed by atoms with Crippen LogP contribution in [0.2, 0.25) is 0 Å². The number of amides is 1. The lowest BCUT2D eigenvalue weighted by molar-refractivity contribution is 0.0714. The average Bonchev–Trinajstić information content (AvgIpc) is 3.29. The van der Waals surface area contributed by atoms with E-state index in [2.05, 4.69) is 58.3 Å². The van der Waals surface area contributed by atoms with E-state index in [1.807, 2.05) is 6.07 Å². The third-order valence-electron chi connectivity index (χ3n) is 5.07. The van der Waals surface area contributed by atoms with E-state index in [4.69, 9.17) is 4.42 Å². The molecule has 4 rings (SSSR count). The lowest BCUT2D eigenvalue weighted by Crippen LogP contribution is -2.49. The molecule has 3 heterocycles. The first-order valence-corrected chi connectivity index (χ1v) is 9.88. The van der Waals surface area contributed by atoms with Crippen molar-refractivity contribution in [2.45, 2.75) is 19.8 Å². The molecule has 0 spiro atoms. The summed E-state index contributed by atoms with van der Waals surface area (Å²) in [5.41, 5.74) is 2.30. The highest BCUT2D eigenvalue weighted by molar-refractivity contribution is 5.91. The van der Waals surface area contributed by atoms with E-state index >= 15 is 0 Å². The first kappa shape index (κ1) is 19.0. The molecule has 7 heteroatoms. The van der Waals surface area contributed by atoms with Crippen LogP contribution < -0.4 is 10.2 Å². The van der Waals surface area contributed by atoms with Gasteiger partial charge in [-0.05, 0) is 41.8 Å². The van der Waals surface area contributed by atoms with Crippen molar-refractivity contribution in [2.75, 3.05) is 36.4 Å². The summed E-state index contributed by atoms with van der Waals surface area (Å²) in [6.07, 6.45) is 3.28. The predicted octanol–water partition coefficient (Wildman–Crippen LogP) is 3.90. The molecule has 1 N–H and O–H groups in total. The summed E-state index contributed by atoms with van der Waals surface area (Å²) in [6, 6.07) is 13.7. The fourth-order valence-electron chi connectivity index (χ4n) is 3.34. The van der Waals surface area contributed by atoms with Crippen molar-refractivity contribution in [3.05, 3.63) is 66.2 Å². The van der Waals surface area contributed by atoms with Crippen LogP contribution in [0.1, 0.15) is 35.9 Å². The number of piperazine rings is 1. The Morgan fingerprint density at radius 2 is 1.83 bits per heavy atom. The largest absolute Gasteiger partial charge is 0.459 e. The molecule has 1 aromatic carbocycles. The van der Waals surface area contributed by atoms with Crippen LogP contribution in [-0.4, -0.2) is 47.0 Å². The Hall–Kier alpha value is -3.35. The van der Waals surface area contributed by atoms with Crippen molar-refractivity contribution < 1.29 is 9.21 Å². The summed E-state index contributed by atoms with van der Waals surface area (Å²) in [7, 11) is 0. The van der Waals surface area contributed by atoms with Crippen LogP contribution in [0.5, 0.6) is 0 Å². The van der Waals surface area contributed by atoms with Crippen LogP contribution in [-0.2, 0) is 0 Å². The van der Waals surface area contributed by atoms with Crippen molar-refractivity contribution in [2.24, 2.45) is 0 Å². The monoisotopic (exact) mass is 391 g/mol. The second kappa shape index (κ2) is 8.34. The molecule has 0 radical (unpaired) electrons. The number of carbonyl (C=O) groups excluding carboxylic acids is 1. The molecule has 1 amide bonds. The number of nitrogens with one attached hydrogen (secondary N) is 1. The van der Waals surface area contributed by atoms with Gasteiger partial charge in [-0.3, -0.25) is 4.79 Å². The third kappa shape index (κ3) is 4.39. The van der Waals surface area contributed by atoms with Gasteiger partial charge in [-0.2, -0.15) is 4.98 Å². The van der Waals surface area contributed by atoms with Gasteiger partial charge in [0.1, 0.15) is 5.82 Å². The van der Waals surface area contributed by atoms with Crippen molar-refractivity contribution in [3.8, 4) is 0 Å². The second-order valence-electron chi connectivity index (χ2n) is 7.40. The number of hydrogen-bond acceptors (Lipinski definition) is 6. The highest BCUT2D eigenvalue weighted by Crippen LogP contribution is 2.21. The van der Waals surface area contributed by atoms with Crippen LogP contribution >= 0.6 is 0 Å². The number of benzene rings is 1. The number of carbonyl (C=O) groups is 1. The van der Waals surface area contributed by atoms with E-state index in [0.717, 1.165) is 11.5 Å². The number of nitrogens with zero attached hydrogens (tertiary/aromatic N) is 4. The van der Waals surface area contributed by atoms with Crippen LogP contribution in [0.15, 0.2) is 59.3 Å². The molecule has 2 aromatic heterocycles. The van der Waals surface area contributed by atoms with Gasteiger partial charge < -0.3 is 19.5 Å². The lowest BCUT2D eigenvalue weighted by Gasteiger charge is -2.34. The summed E-state index contributed by atoms with van der Waals surface area (Å²) in [5.74, 6) is 2.23. The average molecular weight is 391 g/mol. The van der Waals surface area contributed by atoms with Gasteiger partial charge in [0.25, 0.3) is 5.91 Å². The van der Waals surface area contributed by atoms with Gasteiger partial charge >= 0.3 is 0 Å². The molecule has 150 valence electrons. The molecule has 1 saturated heterocycles. The second-order valence-corrected chi connectivity index (χ2v) is 7.40. The van der Waals surface area contributed by atoms with Crippen molar-refractivity contribution in [1.82, 2.24) is 14.9 Å². The van der Waals surface area contributed by atoms with Crippen LogP contribution in [0, 0.1) is 0 Å². The Morgan fingerprint density at radius 1 is 1.07 bits per heavy atom. The molecule has 7 nitrogen and oxygen atoms in total. The highest BCUT2D eigenvalue weighted by Gasteiger charge is 2.24. The van der Waals surface area contributed by atoms with Gasteiger partial charge in [-0.15, -0.1) is 0 Å². The third-order valence-corrected chi connectivity index (χ3v) is 5.07. The number of anilines is 3. The Morgan fingerprint density at radius 3 is 2.48 bits per heavy atom. The minimum atomic E-state index is -0.0733. The van der Waals surface area contributed by atoms with Gasteiger partial charge in [0, 0.05) is 38.1 Å². The number of furan rings is 1. The molecule has 0 aliphatic carbocycles. The molecule has 29 heavy (non-hydrogen) atoms. The standard InChI is InChI=1S/C22H25N5O2/c1-16(2)17-5-7-18(8-6-17)24-20-9-10-23-22(25-20)27-13-11-26(12-14-27)21(28)19-4-3-15-29-19/h3-10,15-16H,11-14H2,1-2H3,(H,23,24,25). The number of rotatable bonds is 5. The van der Waals surface area contributed by atoms with Crippen LogP contribution in [0.4, 0.5) is 17.5 Å². The minimum Gasteiger partial charge on any atom is -0.459 e. The summed E-state index contributed by atoms with van der Waals surface area (Å²) < 4.78 is 5.21. The maximum Gasteiger partial charge on any atom is 0.289 e. The van der Waals surface area contributed by atoms with E-state index in [1.165, 1.54) is 11.8 Å². The van der Waals surface area contributed by atoms with Gasteiger partial charge in [0.15, 0.2) is 5.76 Å². The molecular formula is C22H25N5O2. The smallest absolute Gasteiger partial charge is 0.289 e. The van der Waals surface area contributed by atoms with Gasteiger partial charge in [-0.1, -0.05) is 26.0 Å². The van der Waals surface area contributed by atoms with E-state index in [-0.39, 0.29) is 5.91 Å². The van der Waals surface area contributed by atoms with Gasteiger partial charge in [-0.25, -0.2) is 4.98 Å². The fraction of sp³-hybridized carbons (Fsp3) is 0.318. The SMILES string of the molecule is CC(C)c1ccc(Nc2ccnc(N3CCN(C(=O)c4ccco4)CC3)n2)cc1. The topological polar surface area (TPSA) is 74.5 Å². The Bertz CT molecular complexity index is 946. The summed E-state index contributed by atoms with van der Waals surface area (Å²) in [4.78, 5) is 25.4. The molecule has 3 aromatic rings. The molecule has 1 fully saturated rings. The maximum absolute atomic E-state index is 12.4. The maximum atomic E-state index is 12.4. The quantitative estimate of drug-likeness (QED) is 0.711. The molecular weight excluding hydrogens is 366 g/mol. The zero-order valence-electron chi connectivity index (χ0n) is 16.7. The zero-order valence-corrected chi connectivity index (χ0v) is 16.7. The Kier molecular flexibility index (Phi) is 5.46. The van der Waals surface area contributed by atoms with E-state index in [0.29, 0.717) is 43.8 Å². The molecule has 0 atom stereocenters. The normalized spacial score (nSPS) is 14.3. The summed E-state index contributed by atoms with van der Waals surface area (Å²) in [6.45, 7) is 6.94. The van der Waals surface area contributed by atoms with E-state index < -0.39 is 0 Å². The first-order valence-electron chi connectivity index (χ1n) is 9.88. The lowest BCUT2D eigenvalue weighted by atomic mass is 10.0. The number of aromatic nitrogens is 2. The Labute approximate surface area is 170 Å². The van der Waals surface area contributed by atoms with Crippen molar-refractivity contribution in [1.29, 1.82) is 0 Å². The minimum absolute atomic E-state index is 0.0733. The molecule has 1 aliphatic heterocycles. The molecule has 1 aliphatic rings. The fourth-order valence-corrected chi connectivity index (χ4v) is 3.34. The van der Waals surface area contributed by atoms with Gasteiger partial charge in [0.05, 0.1) is 6.26 Å². The summed E-state index contributed by atoms with van der Waals surface area (Å²) in [5, 5.41) is 3.34. The Balaban J connectivity index is 1.38. The molecule has 0 bridgehead atoms. The van der Waals surface area contributed by atoms with Crippen molar-refractivity contribution >= 4 is 23.4 Å². The van der Waals surface area contributed by atoms with E-state index in [9.17, 15) is 4.79 Å². The van der Waals surface area contributed by atoms with Gasteiger partial charge in [0.2, 0.25) is 5.95 Å². The van der Waals surface area contributed by atoms with Crippen LogP contribution in [0.25, 0.3) is 0 Å². The molecule has 0 unspecified atom stereocenters. The number of hydrogen-bond donors (Lipinski definition) is 1. The van der Waals surface area contributed by atoms with Crippen LogP contribution in [0.3, 0.4) is 0 Å². The predicted molar refractivity (Wildman–Crippen MR) is 113 cm³/mol.